The van der Waals surface area contributed by atoms with Crippen LogP contribution >= 0.6 is 0 Å². The quantitative estimate of drug-likeness (QED) is 0.786. The van der Waals surface area contributed by atoms with Crippen LogP contribution in [0.15, 0.2) is 48.5 Å². The van der Waals surface area contributed by atoms with Crippen LogP contribution in [0, 0.1) is 0 Å². The lowest BCUT2D eigenvalue weighted by atomic mass is 10.0. The highest BCUT2D eigenvalue weighted by Gasteiger charge is 2.36. The maximum atomic E-state index is 12.8. The Morgan fingerprint density at radius 1 is 1.12 bits per heavy atom. The van der Waals surface area contributed by atoms with E-state index in [9.17, 15) is 19.5 Å². The minimum absolute atomic E-state index is 0.110. The normalized spacial score (nSPS) is 15.5. The van der Waals surface area contributed by atoms with E-state index in [1.54, 1.807) is 48.5 Å². The van der Waals surface area contributed by atoms with Crippen molar-refractivity contribution in [1.29, 1.82) is 0 Å². The zero-order chi connectivity index (χ0) is 18.0. The lowest BCUT2D eigenvalue weighted by Gasteiger charge is -2.17. The molecule has 7 heteroatoms. The van der Waals surface area contributed by atoms with Crippen molar-refractivity contribution in [2.75, 3.05) is 11.4 Å². The molecule has 0 radical (unpaired) electrons. The van der Waals surface area contributed by atoms with Crippen molar-refractivity contribution in [3.63, 3.8) is 0 Å². The third-order valence-electron chi connectivity index (χ3n) is 4.18. The van der Waals surface area contributed by atoms with Crippen LogP contribution in [0.3, 0.4) is 0 Å². The van der Waals surface area contributed by atoms with E-state index in [0.717, 1.165) is 5.56 Å². The number of urea groups is 1. The van der Waals surface area contributed by atoms with E-state index in [1.807, 2.05) is 0 Å². The molecule has 1 aliphatic rings. The second kappa shape index (κ2) is 6.64. The predicted molar refractivity (Wildman–Crippen MR) is 91.4 cm³/mol. The van der Waals surface area contributed by atoms with Gasteiger partial charge in [-0.05, 0) is 29.3 Å². The molecule has 2 aromatic rings. The van der Waals surface area contributed by atoms with Gasteiger partial charge in [-0.2, -0.15) is 0 Å². The molecule has 25 heavy (non-hydrogen) atoms. The van der Waals surface area contributed by atoms with Crippen molar-refractivity contribution in [3.05, 3.63) is 65.2 Å². The number of benzene rings is 2. The second-order valence-electron chi connectivity index (χ2n) is 5.78. The Morgan fingerprint density at radius 2 is 1.80 bits per heavy atom. The second-order valence-corrected chi connectivity index (χ2v) is 5.78. The molecule has 1 aliphatic heterocycles. The van der Waals surface area contributed by atoms with Gasteiger partial charge in [-0.1, -0.05) is 30.3 Å². The predicted octanol–water partition coefficient (Wildman–Crippen LogP) is 1.68. The van der Waals surface area contributed by atoms with E-state index in [0.29, 0.717) is 16.8 Å². The number of rotatable bonds is 4. The van der Waals surface area contributed by atoms with Gasteiger partial charge in [0.15, 0.2) is 0 Å². The van der Waals surface area contributed by atoms with Gasteiger partial charge in [0.25, 0.3) is 5.91 Å². The number of carbonyl (C=O) groups excluding carboxylic acids is 2. The number of nitrogens with one attached hydrogen (secondary N) is 1. The van der Waals surface area contributed by atoms with Crippen molar-refractivity contribution in [3.8, 4) is 0 Å². The Bertz CT molecular complexity index is 832. The molecule has 0 spiro atoms. The van der Waals surface area contributed by atoms with Crippen LogP contribution in [0.2, 0.25) is 0 Å². The molecule has 1 heterocycles. The van der Waals surface area contributed by atoms with Gasteiger partial charge in [0.05, 0.1) is 0 Å². The molecule has 0 bridgehead atoms. The topological polar surface area (TPSA) is 113 Å². The Hall–Kier alpha value is -3.35. The van der Waals surface area contributed by atoms with Gasteiger partial charge < -0.3 is 21.1 Å². The fraction of sp³-hybridized carbons (Fsp3) is 0.167. The number of carboxylic acids is 1. The number of aliphatic carboxylic acids is 1. The van der Waals surface area contributed by atoms with E-state index in [1.165, 1.54) is 4.90 Å². The van der Waals surface area contributed by atoms with Gasteiger partial charge in [-0.25, -0.2) is 4.79 Å². The molecule has 2 aromatic carbocycles. The summed E-state index contributed by atoms with van der Waals surface area (Å²) < 4.78 is 0. The molecule has 4 N–H and O–H groups in total. The van der Waals surface area contributed by atoms with E-state index < -0.39 is 17.9 Å². The summed E-state index contributed by atoms with van der Waals surface area (Å²) in [6, 6.07) is 13.2. The number of nitrogens with zero attached hydrogens (tertiary/aromatic N) is 1. The van der Waals surface area contributed by atoms with Gasteiger partial charge in [-0.3, -0.25) is 9.59 Å². The van der Waals surface area contributed by atoms with Crippen LogP contribution in [-0.2, 0) is 11.3 Å². The minimum Gasteiger partial charge on any atom is -0.481 e. The minimum atomic E-state index is -0.948. The fourth-order valence-electron chi connectivity index (χ4n) is 2.92. The molecule has 0 aromatic heterocycles. The fourth-order valence-corrected chi connectivity index (χ4v) is 2.92. The molecule has 128 valence electrons. The number of hydrogen-bond donors (Lipinski definition) is 3. The van der Waals surface area contributed by atoms with E-state index >= 15 is 0 Å². The van der Waals surface area contributed by atoms with Crippen molar-refractivity contribution in [1.82, 2.24) is 5.32 Å². The maximum Gasteiger partial charge on any atom is 0.312 e. The van der Waals surface area contributed by atoms with Crippen molar-refractivity contribution in [2.45, 2.75) is 12.5 Å². The van der Waals surface area contributed by atoms with Crippen LogP contribution in [0.5, 0.6) is 0 Å². The number of carboxylic acid groups (broad SMARTS) is 1. The highest BCUT2D eigenvalue weighted by Crippen LogP contribution is 2.37. The summed E-state index contributed by atoms with van der Waals surface area (Å²) in [4.78, 5) is 36.5. The Balaban J connectivity index is 1.82. The summed E-state index contributed by atoms with van der Waals surface area (Å²) >= 11 is 0. The maximum absolute atomic E-state index is 12.8. The molecular weight excluding hydrogens is 322 g/mol. The molecular formula is C18H17N3O4. The number of fused-ring (bicyclic) bond motifs is 1. The molecule has 0 aliphatic carbocycles. The third kappa shape index (κ3) is 3.30. The highest BCUT2D eigenvalue weighted by molar-refractivity contribution is 6.08. The Morgan fingerprint density at radius 3 is 2.44 bits per heavy atom. The molecule has 0 saturated carbocycles. The summed E-state index contributed by atoms with van der Waals surface area (Å²) in [5.41, 5.74) is 7.55. The van der Waals surface area contributed by atoms with Crippen molar-refractivity contribution >= 4 is 23.6 Å². The van der Waals surface area contributed by atoms with Gasteiger partial charge in [0.2, 0.25) is 0 Å². The molecule has 7 nitrogen and oxygen atoms in total. The van der Waals surface area contributed by atoms with Crippen LogP contribution in [0.25, 0.3) is 0 Å². The Labute approximate surface area is 144 Å². The Kier molecular flexibility index (Phi) is 4.38. The summed E-state index contributed by atoms with van der Waals surface area (Å²) in [6.07, 6.45) is 0. The largest absolute Gasteiger partial charge is 0.481 e. The first kappa shape index (κ1) is 16.5. The monoisotopic (exact) mass is 339 g/mol. The molecule has 3 rings (SSSR count). The number of nitrogens with two attached hydrogens (primary N) is 1. The molecule has 1 atom stereocenters. The van der Waals surface area contributed by atoms with Gasteiger partial charge in [0, 0.05) is 24.3 Å². The van der Waals surface area contributed by atoms with E-state index in [-0.39, 0.29) is 19.0 Å². The molecule has 0 saturated heterocycles. The number of para-hydroxylation sites is 1. The summed E-state index contributed by atoms with van der Waals surface area (Å²) in [5.74, 6) is -1.93. The number of anilines is 1. The lowest BCUT2D eigenvalue weighted by Crippen LogP contribution is -2.31. The van der Waals surface area contributed by atoms with E-state index in [2.05, 4.69) is 5.32 Å². The average Bonchev–Trinajstić information content (AvgIpc) is 3.00. The third-order valence-corrected chi connectivity index (χ3v) is 4.18. The van der Waals surface area contributed by atoms with Crippen LogP contribution in [0.4, 0.5) is 10.5 Å². The summed E-state index contributed by atoms with van der Waals surface area (Å²) in [7, 11) is 0. The standard InChI is InChI=1S/C18H17N3O4/c19-18(25)20-9-11-5-7-12(8-6-11)16(22)21-10-14(17(23)24)13-3-1-2-4-15(13)21/h1-8,14H,9-10H2,(H,23,24)(H3,19,20,25)/t14-/m0/s1. The SMILES string of the molecule is NC(=O)NCc1ccc(C(=O)N2C[C@H](C(=O)O)c3ccccc32)cc1. The van der Waals surface area contributed by atoms with Crippen LogP contribution in [-0.4, -0.2) is 29.6 Å². The van der Waals surface area contributed by atoms with Crippen LogP contribution in [0.1, 0.15) is 27.4 Å². The molecule has 0 fully saturated rings. The first-order valence-corrected chi connectivity index (χ1v) is 7.73. The van der Waals surface area contributed by atoms with E-state index in [4.69, 9.17) is 5.73 Å². The van der Waals surface area contributed by atoms with Gasteiger partial charge in [0.1, 0.15) is 5.92 Å². The van der Waals surface area contributed by atoms with Crippen molar-refractivity contribution < 1.29 is 19.5 Å². The first-order chi connectivity index (χ1) is 12.0. The van der Waals surface area contributed by atoms with Crippen molar-refractivity contribution in [2.24, 2.45) is 5.73 Å². The zero-order valence-corrected chi connectivity index (χ0v) is 13.3. The molecule has 0 unspecified atom stereocenters. The highest BCUT2D eigenvalue weighted by atomic mass is 16.4. The average molecular weight is 339 g/mol. The smallest absolute Gasteiger partial charge is 0.312 e. The number of carbonyl (C=O) groups is 3. The number of amides is 3. The zero-order valence-electron chi connectivity index (χ0n) is 13.3. The number of primary amides is 1. The first-order valence-electron chi connectivity index (χ1n) is 7.73. The van der Waals surface area contributed by atoms with Gasteiger partial charge in [-0.15, -0.1) is 0 Å². The summed E-state index contributed by atoms with van der Waals surface area (Å²) in [6.45, 7) is 0.385. The molecule has 3 amide bonds. The van der Waals surface area contributed by atoms with Gasteiger partial charge >= 0.3 is 12.0 Å². The lowest BCUT2D eigenvalue weighted by molar-refractivity contribution is -0.138. The summed E-state index contributed by atoms with van der Waals surface area (Å²) in [5, 5.41) is 11.9. The number of hydrogen-bond acceptors (Lipinski definition) is 3. The van der Waals surface area contributed by atoms with Crippen LogP contribution < -0.4 is 16.0 Å².